The Hall–Kier alpha value is -1.88. The van der Waals surface area contributed by atoms with E-state index in [2.05, 4.69) is 5.32 Å². The summed E-state index contributed by atoms with van der Waals surface area (Å²) in [5.41, 5.74) is 3.81. The summed E-state index contributed by atoms with van der Waals surface area (Å²) in [6.07, 6.45) is 6.36. The van der Waals surface area contributed by atoms with Crippen LogP contribution in [0.1, 0.15) is 48.0 Å². The van der Waals surface area contributed by atoms with E-state index in [0.717, 1.165) is 30.3 Å². The fourth-order valence-electron chi connectivity index (χ4n) is 3.65. The Bertz CT molecular complexity index is 740. The van der Waals surface area contributed by atoms with Gasteiger partial charge in [-0.25, -0.2) is 0 Å². The van der Waals surface area contributed by atoms with Gasteiger partial charge in [0.1, 0.15) is 0 Å². The number of benzene rings is 2. The molecule has 3 rings (SSSR count). The first kappa shape index (κ1) is 22.4. The monoisotopic (exact) mass is 403 g/mol. The molecule has 0 heterocycles. The van der Waals surface area contributed by atoms with Crippen LogP contribution in [0.3, 0.4) is 0 Å². The molecule has 1 aliphatic rings. The molecule has 152 valence electrons. The molecule has 1 amide bonds. The van der Waals surface area contributed by atoms with Crippen LogP contribution in [-0.4, -0.2) is 31.8 Å². The van der Waals surface area contributed by atoms with Crippen molar-refractivity contribution in [1.82, 2.24) is 5.32 Å². The van der Waals surface area contributed by atoms with Crippen molar-refractivity contribution >= 4 is 17.5 Å². The average Bonchev–Trinajstić information content (AvgIpc) is 2.75. The fourth-order valence-corrected chi connectivity index (χ4v) is 3.78. The highest BCUT2D eigenvalue weighted by Crippen LogP contribution is 2.27. The second-order valence-electron chi connectivity index (χ2n) is 7.03. The number of rotatable bonds is 6. The Labute approximate surface area is 172 Å². The lowest BCUT2D eigenvalue weighted by Gasteiger charge is -2.21. The minimum atomic E-state index is -0.00409. The predicted molar refractivity (Wildman–Crippen MR) is 115 cm³/mol. The van der Waals surface area contributed by atoms with Gasteiger partial charge in [0.15, 0.2) is 0 Å². The second kappa shape index (κ2) is 11.8. The van der Waals surface area contributed by atoms with E-state index >= 15 is 0 Å². The van der Waals surface area contributed by atoms with Gasteiger partial charge in [-0.2, -0.15) is 0 Å². The van der Waals surface area contributed by atoms with Crippen LogP contribution in [0.15, 0.2) is 42.5 Å². The van der Waals surface area contributed by atoms with Crippen LogP contribution in [0.4, 0.5) is 0 Å². The molecule has 28 heavy (non-hydrogen) atoms. The maximum Gasteiger partial charge on any atom is 0.251 e. The molecule has 4 nitrogen and oxygen atoms in total. The zero-order valence-electron chi connectivity index (χ0n) is 16.7. The van der Waals surface area contributed by atoms with Crippen LogP contribution in [0.5, 0.6) is 0 Å². The number of aliphatic hydroxyl groups is 1. The van der Waals surface area contributed by atoms with Crippen molar-refractivity contribution in [2.24, 2.45) is 5.92 Å². The summed E-state index contributed by atoms with van der Waals surface area (Å²) in [5, 5.41) is 10.8. The van der Waals surface area contributed by atoms with Gasteiger partial charge in [0.25, 0.3) is 5.91 Å². The second-order valence-corrected chi connectivity index (χ2v) is 7.46. The first-order chi connectivity index (χ1) is 13.7. The lowest BCUT2D eigenvalue weighted by Crippen LogP contribution is -2.30. The number of amides is 1. The number of nitrogens with one attached hydrogen (secondary N) is 1. The standard InChI is InChI=1S/C22H26ClNO2.CH4O/c1-26-15-19-13-18(22(25)24-14-16-5-3-2-4-6-16)9-12-21(19)17-7-10-20(23)11-8-17;1-2/h7-13,16H,2-6,14-15H2,1H3,(H,24,25);2H,1H3. The molecule has 0 radical (unpaired) electrons. The van der Waals surface area contributed by atoms with E-state index in [1.54, 1.807) is 7.11 Å². The number of halogens is 1. The van der Waals surface area contributed by atoms with Crippen LogP contribution in [-0.2, 0) is 11.3 Å². The largest absolute Gasteiger partial charge is 0.400 e. The Balaban J connectivity index is 0.00000136. The third kappa shape index (κ3) is 6.33. The van der Waals surface area contributed by atoms with Gasteiger partial charge in [0.05, 0.1) is 6.61 Å². The van der Waals surface area contributed by atoms with Gasteiger partial charge in [-0.3, -0.25) is 4.79 Å². The third-order valence-electron chi connectivity index (χ3n) is 5.10. The Morgan fingerprint density at radius 1 is 1.11 bits per heavy atom. The number of carbonyl (C=O) groups excluding carboxylic acids is 1. The third-order valence-corrected chi connectivity index (χ3v) is 5.35. The Kier molecular flexibility index (Phi) is 9.48. The number of hydrogen-bond donors (Lipinski definition) is 2. The summed E-state index contributed by atoms with van der Waals surface area (Å²) < 4.78 is 5.35. The topological polar surface area (TPSA) is 58.6 Å². The van der Waals surface area contributed by atoms with Gasteiger partial charge in [-0.1, -0.05) is 49.1 Å². The summed E-state index contributed by atoms with van der Waals surface area (Å²) in [6, 6.07) is 13.5. The molecule has 1 fully saturated rings. The van der Waals surface area contributed by atoms with E-state index in [0.29, 0.717) is 23.1 Å². The van der Waals surface area contributed by atoms with Crippen molar-refractivity contribution in [2.45, 2.75) is 38.7 Å². The molecule has 0 spiro atoms. The highest BCUT2D eigenvalue weighted by molar-refractivity contribution is 6.30. The highest BCUT2D eigenvalue weighted by atomic mass is 35.5. The molecule has 0 atom stereocenters. The molecular weight excluding hydrogens is 374 g/mol. The quantitative estimate of drug-likeness (QED) is 0.707. The van der Waals surface area contributed by atoms with Gasteiger partial charge in [-0.15, -0.1) is 0 Å². The van der Waals surface area contributed by atoms with Crippen molar-refractivity contribution in [2.75, 3.05) is 20.8 Å². The fraction of sp³-hybridized carbons (Fsp3) is 0.435. The molecule has 0 bridgehead atoms. The SMILES string of the molecule is CO.COCc1cc(C(=O)NCC2CCCCC2)ccc1-c1ccc(Cl)cc1. The lowest BCUT2D eigenvalue weighted by molar-refractivity contribution is 0.0943. The van der Waals surface area contributed by atoms with Gasteiger partial charge < -0.3 is 15.2 Å². The zero-order valence-corrected chi connectivity index (χ0v) is 17.5. The average molecular weight is 404 g/mol. The molecule has 5 heteroatoms. The van der Waals surface area contributed by atoms with Crippen LogP contribution >= 0.6 is 11.6 Å². The predicted octanol–water partition coefficient (Wildman–Crippen LogP) is 5.07. The molecule has 0 aliphatic heterocycles. The van der Waals surface area contributed by atoms with Crippen molar-refractivity contribution in [1.29, 1.82) is 0 Å². The molecule has 0 saturated heterocycles. The minimum Gasteiger partial charge on any atom is -0.400 e. The first-order valence-electron chi connectivity index (χ1n) is 9.78. The molecule has 0 unspecified atom stereocenters. The highest BCUT2D eigenvalue weighted by Gasteiger charge is 2.16. The summed E-state index contributed by atoms with van der Waals surface area (Å²) >= 11 is 5.99. The normalized spacial score (nSPS) is 14.1. The summed E-state index contributed by atoms with van der Waals surface area (Å²) in [5.74, 6) is 0.620. The van der Waals surface area contributed by atoms with Crippen molar-refractivity contribution in [3.63, 3.8) is 0 Å². The van der Waals surface area contributed by atoms with Crippen molar-refractivity contribution in [3.05, 3.63) is 58.6 Å². The first-order valence-corrected chi connectivity index (χ1v) is 10.2. The van der Waals surface area contributed by atoms with Crippen LogP contribution in [0.2, 0.25) is 5.02 Å². The van der Waals surface area contributed by atoms with E-state index < -0.39 is 0 Å². The molecule has 1 saturated carbocycles. The minimum absolute atomic E-state index is 0.00409. The number of methoxy groups -OCH3 is 1. The molecule has 1 aliphatic carbocycles. The summed E-state index contributed by atoms with van der Waals surface area (Å²) in [7, 11) is 2.67. The molecule has 0 aromatic heterocycles. The summed E-state index contributed by atoms with van der Waals surface area (Å²) in [6.45, 7) is 1.24. The van der Waals surface area contributed by atoms with E-state index in [4.69, 9.17) is 21.4 Å². The summed E-state index contributed by atoms with van der Waals surface area (Å²) in [4.78, 5) is 12.6. The molecule has 2 N–H and O–H groups in total. The van der Waals surface area contributed by atoms with Crippen LogP contribution in [0.25, 0.3) is 11.1 Å². The number of hydrogen-bond acceptors (Lipinski definition) is 3. The van der Waals surface area contributed by atoms with Gasteiger partial charge in [0, 0.05) is 31.4 Å². The van der Waals surface area contributed by atoms with E-state index in [-0.39, 0.29) is 5.91 Å². The van der Waals surface area contributed by atoms with E-state index in [1.807, 2.05) is 42.5 Å². The number of carbonyl (C=O) groups is 1. The van der Waals surface area contributed by atoms with Crippen LogP contribution < -0.4 is 5.32 Å². The zero-order chi connectivity index (χ0) is 20.4. The van der Waals surface area contributed by atoms with Gasteiger partial charge in [0.2, 0.25) is 0 Å². The lowest BCUT2D eigenvalue weighted by atomic mass is 9.89. The molecule has 2 aromatic rings. The van der Waals surface area contributed by atoms with Crippen molar-refractivity contribution in [3.8, 4) is 11.1 Å². The van der Waals surface area contributed by atoms with Gasteiger partial charge in [-0.05, 0) is 59.7 Å². The van der Waals surface area contributed by atoms with E-state index in [9.17, 15) is 4.79 Å². The van der Waals surface area contributed by atoms with E-state index in [1.165, 1.54) is 32.1 Å². The van der Waals surface area contributed by atoms with Crippen molar-refractivity contribution < 1.29 is 14.6 Å². The Morgan fingerprint density at radius 3 is 2.43 bits per heavy atom. The maximum absolute atomic E-state index is 12.6. The maximum atomic E-state index is 12.6. The molecule has 2 aromatic carbocycles. The molecular formula is C23H30ClNO3. The Morgan fingerprint density at radius 2 is 1.79 bits per heavy atom. The smallest absolute Gasteiger partial charge is 0.251 e. The number of ether oxygens (including phenoxy) is 1. The van der Waals surface area contributed by atoms with Gasteiger partial charge >= 0.3 is 0 Å². The number of aliphatic hydroxyl groups excluding tert-OH is 1. The van der Waals surface area contributed by atoms with Crippen LogP contribution in [0, 0.1) is 5.92 Å².